The van der Waals surface area contributed by atoms with Crippen LogP contribution in [0.3, 0.4) is 0 Å². The van der Waals surface area contributed by atoms with Gasteiger partial charge in [0.05, 0.1) is 36.1 Å². The number of hydrogen-bond acceptors (Lipinski definition) is 8. The number of amides is 2. The zero-order chi connectivity index (χ0) is 24.3. The van der Waals surface area contributed by atoms with Gasteiger partial charge in [-0.1, -0.05) is 31.0 Å². The Morgan fingerprint density at radius 3 is 2.82 bits per heavy atom. The van der Waals surface area contributed by atoms with Gasteiger partial charge in [0.1, 0.15) is 11.3 Å². The Bertz CT molecular complexity index is 1480. The van der Waals surface area contributed by atoms with Crippen molar-refractivity contribution < 1.29 is 13.2 Å². The third-order valence-electron chi connectivity index (χ3n) is 4.78. The van der Waals surface area contributed by atoms with E-state index in [4.69, 9.17) is 0 Å². The van der Waals surface area contributed by atoms with Gasteiger partial charge in [-0.2, -0.15) is 5.10 Å². The number of anilines is 1. The highest BCUT2D eigenvalue weighted by Gasteiger charge is 2.12. The number of aromatic nitrogens is 5. The van der Waals surface area contributed by atoms with Crippen molar-refractivity contribution in [2.24, 2.45) is 0 Å². The first-order chi connectivity index (χ1) is 16.2. The van der Waals surface area contributed by atoms with Crippen molar-refractivity contribution in [3.8, 4) is 11.3 Å². The van der Waals surface area contributed by atoms with Gasteiger partial charge in [0.15, 0.2) is 15.5 Å². The van der Waals surface area contributed by atoms with E-state index < -0.39 is 15.9 Å². The van der Waals surface area contributed by atoms with E-state index in [1.165, 1.54) is 10.6 Å². The molecule has 0 aliphatic carbocycles. The Hall–Kier alpha value is -3.77. The quantitative estimate of drug-likeness (QED) is 0.298. The summed E-state index contributed by atoms with van der Waals surface area (Å²) >= 11 is 4.09. The predicted octanol–water partition coefficient (Wildman–Crippen LogP) is 3.20. The van der Waals surface area contributed by atoms with Crippen molar-refractivity contribution >= 4 is 45.7 Å². The molecule has 0 saturated heterocycles. The zero-order valence-corrected chi connectivity index (χ0v) is 19.9. The summed E-state index contributed by atoms with van der Waals surface area (Å²) in [6, 6.07) is 9.64. The number of sulfone groups is 1. The van der Waals surface area contributed by atoms with Gasteiger partial charge < -0.3 is 0 Å². The molecule has 4 aromatic rings. The fourth-order valence-corrected chi connectivity index (χ4v) is 3.99. The van der Waals surface area contributed by atoms with Gasteiger partial charge in [0.2, 0.25) is 0 Å². The number of carbonyl (C=O) groups excluding carboxylic acids is 1. The van der Waals surface area contributed by atoms with Gasteiger partial charge in [-0.25, -0.2) is 23.2 Å². The summed E-state index contributed by atoms with van der Waals surface area (Å²) < 4.78 is 26.5. The van der Waals surface area contributed by atoms with Crippen LogP contribution in [0.2, 0.25) is 0 Å². The lowest BCUT2D eigenvalue weighted by Crippen LogP contribution is -2.27. The molecule has 34 heavy (non-hydrogen) atoms. The minimum atomic E-state index is -3.29. The maximum atomic E-state index is 12.1. The lowest BCUT2D eigenvalue weighted by Gasteiger charge is -2.13. The Morgan fingerprint density at radius 2 is 2.06 bits per heavy atom. The predicted molar refractivity (Wildman–Crippen MR) is 132 cm³/mol. The maximum absolute atomic E-state index is 12.1. The average molecular weight is 496 g/mol. The maximum Gasteiger partial charge on any atom is 0.333 e. The van der Waals surface area contributed by atoms with Crippen molar-refractivity contribution in [3.05, 3.63) is 73.2 Å². The van der Waals surface area contributed by atoms with E-state index in [1.807, 2.05) is 6.07 Å². The van der Waals surface area contributed by atoms with E-state index in [2.05, 4.69) is 44.8 Å². The van der Waals surface area contributed by atoms with Crippen LogP contribution >= 0.6 is 12.8 Å². The molecule has 0 fully saturated rings. The van der Waals surface area contributed by atoms with Crippen molar-refractivity contribution in [1.82, 2.24) is 29.0 Å². The SMILES string of the molecule is C=CCN(S)C(=O)Nc1ccc2ncc(-c3cnn(Cc4cccc(S(C)(=O)=O)c4)c3)nc2n1. The molecule has 1 N–H and O–H groups in total. The number of fused-ring (bicyclic) bond motifs is 1. The van der Waals surface area contributed by atoms with Gasteiger partial charge in [0.25, 0.3) is 0 Å². The lowest BCUT2D eigenvalue weighted by atomic mass is 10.2. The van der Waals surface area contributed by atoms with E-state index >= 15 is 0 Å². The number of nitrogens with one attached hydrogen (secondary N) is 1. The Balaban J connectivity index is 1.55. The molecule has 174 valence electrons. The summed E-state index contributed by atoms with van der Waals surface area (Å²) in [5.41, 5.74) is 3.01. The van der Waals surface area contributed by atoms with Crippen molar-refractivity contribution in [3.63, 3.8) is 0 Å². The highest BCUT2D eigenvalue weighted by Crippen LogP contribution is 2.20. The molecule has 1 aromatic carbocycles. The average Bonchev–Trinajstić information content (AvgIpc) is 3.27. The Labute approximate surface area is 201 Å². The molecule has 2 amide bonds. The molecule has 0 bridgehead atoms. The monoisotopic (exact) mass is 495 g/mol. The molecule has 3 heterocycles. The lowest BCUT2D eigenvalue weighted by molar-refractivity contribution is 0.241. The number of carbonyl (C=O) groups is 1. The molecule has 10 nitrogen and oxygen atoms in total. The minimum absolute atomic E-state index is 0.261. The second-order valence-corrected chi connectivity index (χ2v) is 9.94. The van der Waals surface area contributed by atoms with Crippen LogP contribution < -0.4 is 5.32 Å². The third kappa shape index (κ3) is 5.41. The van der Waals surface area contributed by atoms with Crippen LogP contribution in [-0.2, 0) is 16.4 Å². The smallest absolute Gasteiger partial charge is 0.291 e. The zero-order valence-electron chi connectivity index (χ0n) is 18.2. The van der Waals surface area contributed by atoms with Crippen LogP contribution in [0.5, 0.6) is 0 Å². The Kier molecular flexibility index (Phi) is 6.61. The highest BCUT2D eigenvalue weighted by atomic mass is 32.2. The van der Waals surface area contributed by atoms with Crippen molar-refractivity contribution in [2.75, 3.05) is 18.1 Å². The number of rotatable bonds is 7. The Morgan fingerprint density at radius 1 is 1.24 bits per heavy atom. The second kappa shape index (κ2) is 9.61. The first-order valence-electron chi connectivity index (χ1n) is 10.1. The van der Waals surface area contributed by atoms with Gasteiger partial charge in [0, 0.05) is 18.0 Å². The minimum Gasteiger partial charge on any atom is -0.291 e. The van der Waals surface area contributed by atoms with E-state index in [0.29, 0.717) is 29.2 Å². The molecule has 3 aromatic heterocycles. The number of benzene rings is 1. The van der Waals surface area contributed by atoms with Gasteiger partial charge in [-0.15, -0.1) is 6.58 Å². The fourth-order valence-electron chi connectivity index (χ4n) is 3.13. The topological polar surface area (TPSA) is 123 Å². The fraction of sp³-hybridized carbons (Fsp3) is 0.136. The van der Waals surface area contributed by atoms with E-state index in [9.17, 15) is 13.2 Å². The summed E-state index contributed by atoms with van der Waals surface area (Å²) in [5.74, 6) is 0.313. The van der Waals surface area contributed by atoms with E-state index in [0.717, 1.165) is 11.1 Å². The standard InChI is InChI=1S/C22H21N7O3S2/c1-3-9-29(33)22(30)27-20-8-7-18-21(26-20)25-19(12-23-18)16-11-24-28(14-16)13-15-5-4-6-17(10-15)34(2,31)32/h3-8,10-12,14,33H,1,9,13H2,2H3,(H,25,26,27,30). The number of pyridine rings is 1. The van der Waals surface area contributed by atoms with Crippen molar-refractivity contribution in [1.29, 1.82) is 0 Å². The molecular weight excluding hydrogens is 474 g/mol. The van der Waals surface area contributed by atoms with Crippen molar-refractivity contribution in [2.45, 2.75) is 11.4 Å². The van der Waals surface area contributed by atoms with Crippen LogP contribution in [0.15, 0.2) is 72.5 Å². The van der Waals surface area contributed by atoms with Crippen LogP contribution in [0.25, 0.3) is 22.4 Å². The number of hydrogen-bond donors (Lipinski definition) is 2. The van der Waals surface area contributed by atoms with Crippen LogP contribution in [-0.4, -0.2) is 56.3 Å². The summed E-state index contributed by atoms with van der Waals surface area (Å²) in [4.78, 5) is 25.7. The second-order valence-electron chi connectivity index (χ2n) is 7.44. The molecule has 4 rings (SSSR count). The third-order valence-corrected chi connectivity index (χ3v) is 6.23. The largest absolute Gasteiger partial charge is 0.333 e. The summed E-state index contributed by atoms with van der Waals surface area (Å²) in [5, 5.41) is 7.00. The van der Waals surface area contributed by atoms with Gasteiger partial charge in [-0.3, -0.25) is 19.3 Å². The molecule has 0 atom stereocenters. The molecule has 0 radical (unpaired) electrons. The highest BCUT2D eigenvalue weighted by molar-refractivity contribution is 7.90. The van der Waals surface area contributed by atoms with Crippen LogP contribution in [0.1, 0.15) is 5.56 Å². The molecule has 0 aliphatic heterocycles. The molecule has 0 aliphatic rings. The first kappa shape index (κ1) is 23.4. The van der Waals surface area contributed by atoms with E-state index in [-0.39, 0.29) is 11.4 Å². The summed E-state index contributed by atoms with van der Waals surface area (Å²) in [6.45, 7) is 4.24. The molecular formula is C22H21N7O3S2. The summed E-state index contributed by atoms with van der Waals surface area (Å²) in [6.07, 6.45) is 7.80. The number of thiol groups is 1. The van der Waals surface area contributed by atoms with Gasteiger partial charge >= 0.3 is 6.03 Å². The number of nitrogens with zero attached hydrogens (tertiary/aromatic N) is 6. The van der Waals surface area contributed by atoms with E-state index in [1.54, 1.807) is 59.7 Å². The van der Waals surface area contributed by atoms with Crippen LogP contribution in [0.4, 0.5) is 10.6 Å². The first-order valence-corrected chi connectivity index (χ1v) is 12.4. The van der Waals surface area contributed by atoms with Gasteiger partial charge in [-0.05, 0) is 29.8 Å². The molecule has 12 heteroatoms. The molecule has 0 spiro atoms. The summed E-state index contributed by atoms with van der Waals surface area (Å²) in [7, 11) is -3.29. The molecule has 0 saturated carbocycles. The molecule has 0 unspecified atom stereocenters. The normalized spacial score (nSPS) is 11.4. The van der Waals surface area contributed by atoms with Crippen LogP contribution in [0, 0.1) is 0 Å². The number of urea groups is 1.